The molecule has 2 rings (SSSR count). The first-order chi connectivity index (χ1) is 8.04. The zero-order valence-electron chi connectivity index (χ0n) is 10.2. The van der Waals surface area contributed by atoms with Gasteiger partial charge in [-0.2, -0.15) is 5.10 Å². The molecule has 88 valence electrons. The SMILES string of the molecule is Cc1cc(C)cc(C(=O)Nc2cc(C)[nH]n2)c1. The Kier molecular flexibility index (Phi) is 2.95. The third kappa shape index (κ3) is 2.72. The largest absolute Gasteiger partial charge is 0.305 e. The molecule has 0 saturated heterocycles. The molecule has 0 unspecified atom stereocenters. The Morgan fingerprint density at radius 3 is 2.29 bits per heavy atom. The number of amides is 1. The van der Waals surface area contributed by atoms with Gasteiger partial charge in [-0.05, 0) is 32.9 Å². The van der Waals surface area contributed by atoms with Crippen LogP contribution in [0.4, 0.5) is 5.82 Å². The highest BCUT2D eigenvalue weighted by atomic mass is 16.1. The van der Waals surface area contributed by atoms with Gasteiger partial charge in [-0.15, -0.1) is 0 Å². The maximum absolute atomic E-state index is 12.0. The van der Waals surface area contributed by atoms with E-state index in [1.54, 1.807) is 6.07 Å². The molecule has 1 aromatic heterocycles. The fraction of sp³-hybridized carbons (Fsp3) is 0.231. The van der Waals surface area contributed by atoms with Crippen molar-refractivity contribution >= 4 is 11.7 Å². The average molecular weight is 229 g/mol. The minimum atomic E-state index is -0.136. The van der Waals surface area contributed by atoms with Crippen LogP contribution in [-0.4, -0.2) is 16.1 Å². The summed E-state index contributed by atoms with van der Waals surface area (Å²) in [6, 6.07) is 7.56. The topological polar surface area (TPSA) is 57.8 Å². The van der Waals surface area contributed by atoms with Crippen molar-refractivity contribution < 1.29 is 4.79 Å². The molecule has 1 aromatic carbocycles. The molecule has 0 saturated carbocycles. The summed E-state index contributed by atoms with van der Waals surface area (Å²) in [7, 11) is 0. The van der Waals surface area contributed by atoms with Gasteiger partial charge in [-0.1, -0.05) is 17.2 Å². The Morgan fingerprint density at radius 2 is 1.76 bits per heavy atom. The first-order valence-electron chi connectivity index (χ1n) is 5.46. The quantitative estimate of drug-likeness (QED) is 0.831. The lowest BCUT2D eigenvalue weighted by Gasteiger charge is -2.04. The highest BCUT2D eigenvalue weighted by molar-refractivity contribution is 6.04. The number of carbonyl (C=O) groups is 1. The van der Waals surface area contributed by atoms with E-state index in [-0.39, 0.29) is 5.91 Å². The standard InChI is InChI=1S/C13H15N3O/c1-8-4-9(2)6-11(5-8)13(17)14-12-7-10(3)15-16-12/h4-7H,1-3H3,(H2,14,15,16,17). The molecule has 2 N–H and O–H groups in total. The van der Waals surface area contributed by atoms with Crippen LogP contribution in [0.1, 0.15) is 27.2 Å². The molecule has 1 amide bonds. The molecule has 0 radical (unpaired) electrons. The Morgan fingerprint density at radius 1 is 1.12 bits per heavy atom. The van der Waals surface area contributed by atoms with Gasteiger partial charge in [0.1, 0.15) is 0 Å². The highest BCUT2D eigenvalue weighted by Crippen LogP contribution is 2.11. The van der Waals surface area contributed by atoms with Crippen molar-refractivity contribution in [1.29, 1.82) is 0 Å². The Labute approximate surface area is 100 Å². The molecule has 0 spiro atoms. The number of hydrogen-bond acceptors (Lipinski definition) is 2. The van der Waals surface area contributed by atoms with Crippen LogP contribution in [0.2, 0.25) is 0 Å². The van der Waals surface area contributed by atoms with Crippen LogP contribution in [0.5, 0.6) is 0 Å². The monoisotopic (exact) mass is 229 g/mol. The molecule has 0 aliphatic carbocycles. The summed E-state index contributed by atoms with van der Waals surface area (Å²) in [5.74, 6) is 0.412. The maximum Gasteiger partial charge on any atom is 0.256 e. The minimum Gasteiger partial charge on any atom is -0.305 e. The van der Waals surface area contributed by atoms with Gasteiger partial charge in [0.25, 0.3) is 5.91 Å². The summed E-state index contributed by atoms with van der Waals surface area (Å²) in [5, 5.41) is 9.50. The van der Waals surface area contributed by atoms with Gasteiger partial charge in [-0.3, -0.25) is 9.89 Å². The smallest absolute Gasteiger partial charge is 0.256 e. The van der Waals surface area contributed by atoms with Crippen molar-refractivity contribution in [3.63, 3.8) is 0 Å². The average Bonchev–Trinajstić information content (AvgIpc) is 2.62. The number of H-pyrrole nitrogens is 1. The Balaban J connectivity index is 2.19. The predicted molar refractivity (Wildman–Crippen MR) is 67.2 cm³/mol. The van der Waals surface area contributed by atoms with Crippen LogP contribution in [0, 0.1) is 20.8 Å². The number of anilines is 1. The summed E-state index contributed by atoms with van der Waals surface area (Å²) in [4.78, 5) is 12.0. The molecule has 1 heterocycles. The fourth-order valence-electron chi connectivity index (χ4n) is 1.78. The normalized spacial score (nSPS) is 10.3. The number of aromatic nitrogens is 2. The third-order valence-electron chi connectivity index (χ3n) is 2.43. The van der Waals surface area contributed by atoms with Crippen molar-refractivity contribution in [2.75, 3.05) is 5.32 Å². The maximum atomic E-state index is 12.0. The summed E-state index contributed by atoms with van der Waals surface area (Å²) in [5.41, 5.74) is 3.73. The summed E-state index contributed by atoms with van der Waals surface area (Å²) in [6.45, 7) is 5.84. The van der Waals surface area contributed by atoms with E-state index in [2.05, 4.69) is 15.5 Å². The molecule has 0 bridgehead atoms. The molecule has 4 nitrogen and oxygen atoms in total. The van der Waals surface area contributed by atoms with Gasteiger partial charge in [0.2, 0.25) is 0 Å². The molecular formula is C13H15N3O. The van der Waals surface area contributed by atoms with E-state index in [1.807, 2.05) is 39.0 Å². The summed E-state index contributed by atoms with van der Waals surface area (Å²) in [6.07, 6.45) is 0. The van der Waals surface area contributed by atoms with Crippen LogP contribution in [-0.2, 0) is 0 Å². The van der Waals surface area contributed by atoms with E-state index in [1.165, 1.54) is 0 Å². The highest BCUT2D eigenvalue weighted by Gasteiger charge is 2.08. The number of carbonyl (C=O) groups excluding carboxylic acids is 1. The van der Waals surface area contributed by atoms with Crippen LogP contribution in [0.15, 0.2) is 24.3 Å². The Hall–Kier alpha value is -2.10. The van der Waals surface area contributed by atoms with Gasteiger partial charge >= 0.3 is 0 Å². The fourth-order valence-corrected chi connectivity index (χ4v) is 1.78. The first-order valence-corrected chi connectivity index (χ1v) is 5.46. The van der Waals surface area contributed by atoms with Crippen LogP contribution < -0.4 is 5.32 Å². The summed E-state index contributed by atoms with van der Waals surface area (Å²) < 4.78 is 0. The number of nitrogens with one attached hydrogen (secondary N) is 2. The van der Waals surface area contributed by atoms with Crippen LogP contribution in [0.3, 0.4) is 0 Å². The van der Waals surface area contributed by atoms with E-state index in [0.717, 1.165) is 16.8 Å². The number of nitrogens with zero attached hydrogens (tertiary/aromatic N) is 1. The number of rotatable bonds is 2. The van der Waals surface area contributed by atoms with Crippen molar-refractivity contribution in [2.24, 2.45) is 0 Å². The first kappa shape index (κ1) is 11.4. The molecule has 17 heavy (non-hydrogen) atoms. The Bertz CT molecular complexity index is 537. The van der Waals surface area contributed by atoms with Crippen LogP contribution in [0.25, 0.3) is 0 Å². The lowest BCUT2D eigenvalue weighted by atomic mass is 10.1. The zero-order valence-corrected chi connectivity index (χ0v) is 10.2. The second-order valence-electron chi connectivity index (χ2n) is 4.27. The minimum absolute atomic E-state index is 0.136. The second-order valence-corrected chi connectivity index (χ2v) is 4.27. The molecule has 4 heteroatoms. The second kappa shape index (κ2) is 4.41. The molecule has 0 aliphatic rings. The van der Waals surface area contributed by atoms with E-state index >= 15 is 0 Å². The van der Waals surface area contributed by atoms with Gasteiger partial charge < -0.3 is 5.32 Å². The lowest BCUT2D eigenvalue weighted by molar-refractivity contribution is 0.102. The number of aryl methyl sites for hydroxylation is 3. The zero-order chi connectivity index (χ0) is 12.4. The van der Waals surface area contributed by atoms with Gasteiger partial charge in [0, 0.05) is 17.3 Å². The number of hydrogen-bond donors (Lipinski definition) is 2. The number of aromatic amines is 1. The molecule has 0 atom stereocenters. The van der Waals surface area contributed by atoms with E-state index in [9.17, 15) is 4.79 Å². The molecule has 0 fully saturated rings. The third-order valence-corrected chi connectivity index (χ3v) is 2.43. The van der Waals surface area contributed by atoms with E-state index in [4.69, 9.17) is 0 Å². The van der Waals surface area contributed by atoms with Crippen molar-refractivity contribution in [2.45, 2.75) is 20.8 Å². The van der Waals surface area contributed by atoms with Gasteiger partial charge in [0.05, 0.1) is 0 Å². The van der Waals surface area contributed by atoms with Crippen molar-refractivity contribution in [3.8, 4) is 0 Å². The molecule has 2 aromatic rings. The van der Waals surface area contributed by atoms with Gasteiger partial charge in [-0.25, -0.2) is 0 Å². The van der Waals surface area contributed by atoms with E-state index < -0.39 is 0 Å². The van der Waals surface area contributed by atoms with Gasteiger partial charge in [0.15, 0.2) is 5.82 Å². The molecule has 0 aliphatic heterocycles. The summed E-state index contributed by atoms with van der Waals surface area (Å²) >= 11 is 0. The van der Waals surface area contributed by atoms with Crippen molar-refractivity contribution in [1.82, 2.24) is 10.2 Å². The molecular weight excluding hydrogens is 214 g/mol. The van der Waals surface area contributed by atoms with Crippen LogP contribution >= 0.6 is 0 Å². The van der Waals surface area contributed by atoms with Crippen molar-refractivity contribution in [3.05, 3.63) is 46.6 Å². The number of benzene rings is 1. The predicted octanol–water partition coefficient (Wildman–Crippen LogP) is 2.59. The van der Waals surface area contributed by atoms with E-state index in [0.29, 0.717) is 11.4 Å². The lowest BCUT2D eigenvalue weighted by Crippen LogP contribution is -2.12.